The summed E-state index contributed by atoms with van der Waals surface area (Å²) in [6.45, 7) is 5.92. The molecule has 4 heteroatoms. The van der Waals surface area contributed by atoms with Crippen molar-refractivity contribution in [3.05, 3.63) is 101 Å². The molecule has 0 aliphatic carbocycles. The number of H-pyrrole nitrogens is 1. The number of nitrogens with zero attached hydrogens (tertiary/aromatic N) is 3. The van der Waals surface area contributed by atoms with Gasteiger partial charge in [-0.3, -0.25) is 4.98 Å². The van der Waals surface area contributed by atoms with Gasteiger partial charge >= 0.3 is 0 Å². The Bertz CT molecular complexity index is 1200. The van der Waals surface area contributed by atoms with Crippen LogP contribution in [-0.2, 0) is 13.1 Å². The van der Waals surface area contributed by atoms with Gasteiger partial charge in [0, 0.05) is 30.7 Å². The van der Waals surface area contributed by atoms with Crippen LogP contribution in [0.15, 0.2) is 73.2 Å². The third-order valence-corrected chi connectivity index (χ3v) is 5.72. The fourth-order valence-electron chi connectivity index (χ4n) is 3.82. The van der Waals surface area contributed by atoms with E-state index in [0.717, 1.165) is 35.9 Å². The predicted molar refractivity (Wildman–Crippen MR) is 121 cm³/mol. The van der Waals surface area contributed by atoms with Gasteiger partial charge in [-0.25, -0.2) is 4.98 Å². The fourth-order valence-corrected chi connectivity index (χ4v) is 3.82. The molecule has 4 aromatic rings. The molecule has 2 aromatic heterocycles. The Balaban J connectivity index is 1.34. The van der Waals surface area contributed by atoms with Gasteiger partial charge in [-0.1, -0.05) is 48.5 Å². The summed E-state index contributed by atoms with van der Waals surface area (Å²) in [7, 11) is 0. The van der Waals surface area contributed by atoms with E-state index in [9.17, 15) is 0 Å². The van der Waals surface area contributed by atoms with Crippen molar-refractivity contribution < 1.29 is 0 Å². The van der Waals surface area contributed by atoms with Crippen LogP contribution in [0.5, 0.6) is 0 Å². The molecule has 1 aliphatic rings. The highest BCUT2D eigenvalue weighted by Crippen LogP contribution is 2.27. The topological polar surface area (TPSA) is 44.8 Å². The summed E-state index contributed by atoms with van der Waals surface area (Å²) in [6.07, 6.45) is 7.95. The van der Waals surface area contributed by atoms with E-state index in [4.69, 9.17) is 4.98 Å². The van der Waals surface area contributed by atoms with E-state index in [1.165, 1.54) is 27.8 Å². The first-order valence-electron chi connectivity index (χ1n) is 10.2. The highest BCUT2D eigenvalue weighted by Gasteiger charge is 2.16. The van der Waals surface area contributed by atoms with E-state index in [0.29, 0.717) is 0 Å². The second-order valence-corrected chi connectivity index (χ2v) is 7.90. The van der Waals surface area contributed by atoms with Gasteiger partial charge in [0.05, 0.1) is 17.9 Å². The highest BCUT2D eigenvalue weighted by molar-refractivity contribution is 5.69. The van der Waals surface area contributed by atoms with Crippen molar-refractivity contribution in [3.63, 3.8) is 0 Å². The van der Waals surface area contributed by atoms with Crippen molar-refractivity contribution in [3.8, 4) is 22.5 Å². The maximum Gasteiger partial charge on any atom is 0.138 e. The summed E-state index contributed by atoms with van der Waals surface area (Å²) in [4.78, 5) is 14.8. The Morgan fingerprint density at radius 1 is 0.933 bits per heavy atom. The minimum absolute atomic E-state index is 0.790. The molecule has 0 fully saturated rings. The highest BCUT2D eigenvalue weighted by atomic mass is 15.1. The predicted octanol–water partition coefficient (Wildman–Crippen LogP) is 5.74. The van der Waals surface area contributed by atoms with Crippen molar-refractivity contribution in [2.24, 2.45) is 0 Å². The Labute approximate surface area is 177 Å². The number of aromatic amines is 1. The van der Waals surface area contributed by atoms with E-state index in [1.807, 2.05) is 12.3 Å². The fraction of sp³-hybridized carbons (Fsp3) is 0.154. The van der Waals surface area contributed by atoms with Crippen molar-refractivity contribution in [1.82, 2.24) is 19.9 Å². The van der Waals surface area contributed by atoms with Gasteiger partial charge in [0.1, 0.15) is 5.82 Å². The maximum absolute atomic E-state index is 4.88. The Morgan fingerprint density at radius 3 is 2.50 bits per heavy atom. The number of rotatable bonds is 4. The summed E-state index contributed by atoms with van der Waals surface area (Å²) in [6, 6.07) is 19.3. The molecule has 148 valence electrons. The molecule has 0 saturated heterocycles. The van der Waals surface area contributed by atoms with Crippen LogP contribution >= 0.6 is 0 Å². The number of hydrogen-bond acceptors (Lipinski definition) is 3. The standard InChI is InChI=1S/C26H24N4/c1-18-5-6-23(14-19(18)2)21-7-9-22(10-8-21)26-28-24-11-13-30(17-25(24)29-26)16-20-4-3-12-27-15-20/h3-15H,16-17H2,1-2H3,(H,28,29). The largest absolute Gasteiger partial charge is 0.367 e. The second-order valence-electron chi connectivity index (χ2n) is 7.90. The number of aromatic nitrogens is 3. The molecule has 30 heavy (non-hydrogen) atoms. The van der Waals surface area contributed by atoms with E-state index in [-0.39, 0.29) is 0 Å². The van der Waals surface area contributed by atoms with E-state index in [2.05, 4.69) is 89.5 Å². The van der Waals surface area contributed by atoms with Crippen LogP contribution in [0.1, 0.15) is 28.1 Å². The quantitative estimate of drug-likeness (QED) is 0.481. The van der Waals surface area contributed by atoms with Crippen LogP contribution in [-0.4, -0.2) is 19.9 Å². The lowest BCUT2D eigenvalue weighted by Crippen LogP contribution is -2.19. The van der Waals surface area contributed by atoms with Crippen LogP contribution in [0, 0.1) is 13.8 Å². The van der Waals surface area contributed by atoms with Gasteiger partial charge in [-0.15, -0.1) is 0 Å². The lowest BCUT2D eigenvalue weighted by atomic mass is 9.99. The van der Waals surface area contributed by atoms with Gasteiger partial charge in [-0.05, 0) is 53.8 Å². The van der Waals surface area contributed by atoms with Crippen LogP contribution in [0.3, 0.4) is 0 Å². The monoisotopic (exact) mass is 392 g/mol. The number of benzene rings is 2. The summed E-state index contributed by atoms with van der Waals surface area (Å²) in [5, 5.41) is 0. The van der Waals surface area contributed by atoms with Crippen molar-refractivity contribution in [1.29, 1.82) is 0 Å². The zero-order valence-corrected chi connectivity index (χ0v) is 17.3. The summed E-state index contributed by atoms with van der Waals surface area (Å²) in [5.74, 6) is 0.916. The van der Waals surface area contributed by atoms with Crippen LogP contribution in [0.25, 0.3) is 28.6 Å². The second kappa shape index (κ2) is 7.64. The molecule has 0 radical (unpaired) electrons. The van der Waals surface area contributed by atoms with Crippen LogP contribution in [0.2, 0.25) is 0 Å². The minimum atomic E-state index is 0.790. The molecule has 5 rings (SSSR count). The van der Waals surface area contributed by atoms with E-state index < -0.39 is 0 Å². The average Bonchev–Trinajstić information content (AvgIpc) is 3.20. The maximum atomic E-state index is 4.88. The molecule has 4 nitrogen and oxygen atoms in total. The van der Waals surface area contributed by atoms with Crippen LogP contribution < -0.4 is 0 Å². The van der Waals surface area contributed by atoms with Gasteiger partial charge in [-0.2, -0.15) is 0 Å². The Morgan fingerprint density at radius 2 is 1.73 bits per heavy atom. The smallest absolute Gasteiger partial charge is 0.138 e. The van der Waals surface area contributed by atoms with Gasteiger partial charge in [0.25, 0.3) is 0 Å². The first kappa shape index (κ1) is 18.4. The van der Waals surface area contributed by atoms with Gasteiger partial charge in [0.15, 0.2) is 0 Å². The molecule has 0 spiro atoms. The van der Waals surface area contributed by atoms with Crippen molar-refractivity contribution in [2.75, 3.05) is 0 Å². The Kier molecular flexibility index (Phi) is 4.68. The zero-order valence-electron chi connectivity index (χ0n) is 17.3. The first-order chi connectivity index (χ1) is 14.7. The molecule has 1 N–H and O–H groups in total. The number of nitrogens with one attached hydrogen (secondary N) is 1. The number of fused-ring (bicyclic) bond motifs is 1. The lowest BCUT2D eigenvalue weighted by molar-refractivity contribution is 0.355. The van der Waals surface area contributed by atoms with Gasteiger partial charge < -0.3 is 9.88 Å². The lowest BCUT2D eigenvalue weighted by Gasteiger charge is -2.22. The summed E-state index contributed by atoms with van der Waals surface area (Å²) in [5.41, 5.74) is 9.57. The SMILES string of the molecule is Cc1ccc(-c2ccc(-c3nc4c([nH]3)C=CN(Cc3cccnc3)C4)cc2)cc1C. The molecular formula is C26H24N4. The molecular weight excluding hydrogens is 368 g/mol. The summed E-state index contributed by atoms with van der Waals surface area (Å²) >= 11 is 0. The van der Waals surface area contributed by atoms with E-state index >= 15 is 0 Å². The molecule has 2 aromatic carbocycles. The zero-order chi connectivity index (χ0) is 20.5. The summed E-state index contributed by atoms with van der Waals surface area (Å²) < 4.78 is 0. The third-order valence-electron chi connectivity index (χ3n) is 5.72. The van der Waals surface area contributed by atoms with Crippen LogP contribution in [0.4, 0.5) is 0 Å². The number of hydrogen-bond donors (Lipinski definition) is 1. The number of aryl methyl sites for hydroxylation is 2. The average molecular weight is 393 g/mol. The minimum Gasteiger partial charge on any atom is -0.367 e. The molecule has 0 saturated carbocycles. The molecule has 0 amide bonds. The molecule has 0 bridgehead atoms. The third kappa shape index (κ3) is 3.64. The van der Waals surface area contributed by atoms with Crippen molar-refractivity contribution >= 4 is 6.08 Å². The number of imidazole rings is 1. The number of pyridine rings is 1. The Hall–Kier alpha value is -3.66. The van der Waals surface area contributed by atoms with Crippen molar-refractivity contribution in [2.45, 2.75) is 26.9 Å². The molecule has 1 aliphatic heterocycles. The molecule has 3 heterocycles. The van der Waals surface area contributed by atoms with E-state index in [1.54, 1.807) is 6.20 Å². The van der Waals surface area contributed by atoms with Gasteiger partial charge in [0.2, 0.25) is 0 Å². The molecule has 0 atom stereocenters. The first-order valence-corrected chi connectivity index (χ1v) is 10.2. The molecule has 0 unspecified atom stereocenters. The normalized spacial score (nSPS) is 12.8.